The molecule has 2 aromatic rings. The number of pyridine rings is 1. The minimum absolute atomic E-state index is 0.0247. The van der Waals surface area contributed by atoms with E-state index in [1.807, 2.05) is 0 Å². The van der Waals surface area contributed by atoms with Crippen LogP contribution in [0.1, 0.15) is 242 Å². The molecule has 0 N–H and O–H groups in total. The van der Waals surface area contributed by atoms with Crippen molar-refractivity contribution in [2.24, 2.45) is 0 Å². The van der Waals surface area contributed by atoms with Crippen molar-refractivity contribution >= 4 is 22.8 Å². The number of unbranched alkanes of at least 4 members (excludes halogenated alkanes) is 25. The summed E-state index contributed by atoms with van der Waals surface area (Å²) in [6, 6.07) is 3.03. The van der Waals surface area contributed by atoms with E-state index in [0.717, 1.165) is 57.1 Å². The lowest BCUT2D eigenvalue weighted by molar-refractivity contribution is -0.158. The van der Waals surface area contributed by atoms with Gasteiger partial charge in [-0.1, -0.05) is 187 Å². The largest absolute Gasteiger partial charge is 0.455 e. The van der Waals surface area contributed by atoms with Gasteiger partial charge in [-0.15, -0.1) is 0 Å². The second kappa shape index (κ2) is 29.5. The molecule has 0 radical (unpaired) electrons. The Morgan fingerprint density at radius 1 is 0.639 bits per heavy atom. The number of amides is 1. The van der Waals surface area contributed by atoms with Gasteiger partial charge in [-0.2, -0.15) is 26.3 Å². The fourth-order valence-electron chi connectivity index (χ4n) is 8.92. The van der Waals surface area contributed by atoms with Crippen molar-refractivity contribution in [1.29, 1.82) is 0 Å². The maximum Gasteiger partial charge on any atom is 0.433 e. The van der Waals surface area contributed by atoms with Crippen molar-refractivity contribution in [3.63, 3.8) is 0 Å². The summed E-state index contributed by atoms with van der Waals surface area (Å²) in [4.78, 5) is 32.5. The summed E-state index contributed by atoms with van der Waals surface area (Å²) in [6.45, 7) is 4.78. The minimum atomic E-state index is -5.07. The van der Waals surface area contributed by atoms with Gasteiger partial charge < -0.3 is 9.64 Å². The molecule has 1 amide bonds. The molecule has 0 bridgehead atoms. The van der Waals surface area contributed by atoms with Gasteiger partial charge in [0.1, 0.15) is 11.8 Å². The Morgan fingerprint density at radius 3 is 1.56 bits per heavy atom. The maximum atomic E-state index is 14.4. The van der Waals surface area contributed by atoms with Crippen LogP contribution in [0, 0.1) is 0 Å². The Balaban J connectivity index is 1.67. The first-order valence-electron chi connectivity index (χ1n) is 24.5. The van der Waals surface area contributed by atoms with Gasteiger partial charge in [-0.3, -0.25) is 9.59 Å². The molecule has 61 heavy (non-hydrogen) atoms. The Morgan fingerprint density at radius 2 is 1.10 bits per heavy atom. The van der Waals surface area contributed by atoms with E-state index < -0.39 is 47.2 Å². The second-order valence-electron chi connectivity index (χ2n) is 17.7. The van der Waals surface area contributed by atoms with Gasteiger partial charge in [-0.05, 0) is 44.2 Å². The molecule has 2 heterocycles. The van der Waals surface area contributed by atoms with Gasteiger partial charge in [0.05, 0.1) is 17.1 Å². The fourth-order valence-corrected chi connectivity index (χ4v) is 8.92. The van der Waals surface area contributed by atoms with E-state index in [0.29, 0.717) is 44.7 Å². The number of alkyl halides is 6. The predicted octanol–water partition coefficient (Wildman–Crippen LogP) is 16.6. The smallest absolute Gasteiger partial charge is 0.433 e. The van der Waals surface area contributed by atoms with Crippen LogP contribution >= 0.6 is 0 Å². The van der Waals surface area contributed by atoms with Crippen LogP contribution < -0.4 is 0 Å². The molecule has 0 saturated carbocycles. The standard InChI is InChI=1S/C50H78F6N2O3/c1-3-5-7-9-11-13-15-17-19-20-22-24-26-28-36-45(59)58-38-31-30-35-43(58)48(61-46(60)37-29-27-25-23-21-18-16-14-12-10-8-6-4-2)41-39-44(50(54,55)56)57-47-40(41)33-32-34-42(47)49(51,52)53/h32-34,39,43,48H,3-31,35-38H2,1-2H3/t43-,48+/m1/s1. The third kappa shape index (κ3) is 20.0. The van der Waals surface area contributed by atoms with Gasteiger partial charge in [-0.25, -0.2) is 4.98 Å². The highest BCUT2D eigenvalue weighted by Gasteiger charge is 2.42. The number of likely N-dealkylation sites (tertiary alicyclic amines) is 1. The number of rotatable bonds is 32. The molecule has 1 fully saturated rings. The first-order chi connectivity index (χ1) is 29.4. The third-order valence-corrected chi connectivity index (χ3v) is 12.5. The van der Waals surface area contributed by atoms with E-state index in [1.54, 1.807) is 4.90 Å². The summed E-state index contributed by atoms with van der Waals surface area (Å²) in [5.41, 5.74) is -3.86. The first-order valence-corrected chi connectivity index (χ1v) is 24.5. The zero-order valence-corrected chi connectivity index (χ0v) is 37.7. The zero-order valence-electron chi connectivity index (χ0n) is 37.7. The number of fused-ring (bicyclic) bond motifs is 1. The number of ether oxygens (including phenoxy) is 1. The van der Waals surface area contributed by atoms with Crippen molar-refractivity contribution < 1.29 is 40.7 Å². The van der Waals surface area contributed by atoms with Crippen molar-refractivity contribution in [3.05, 3.63) is 41.1 Å². The first kappa shape index (κ1) is 52.5. The topological polar surface area (TPSA) is 59.5 Å². The molecule has 2 atom stereocenters. The van der Waals surface area contributed by atoms with Crippen LogP contribution in [0.3, 0.4) is 0 Å². The average Bonchev–Trinajstić information content (AvgIpc) is 3.23. The van der Waals surface area contributed by atoms with Crippen molar-refractivity contribution in [2.45, 2.75) is 244 Å². The Hall–Kier alpha value is -2.85. The quantitative estimate of drug-likeness (QED) is 0.0417. The molecule has 3 rings (SSSR count). The summed E-state index contributed by atoms with van der Waals surface area (Å²) < 4.78 is 91.9. The van der Waals surface area contributed by atoms with Crippen LogP contribution in [0.2, 0.25) is 0 Å². The van der Waals surface area contributed by atoms with E-state index in [-0.39, 0.29) is 29.7 Å². The molecule has 1 aromatic carbocycles. The SMILES string of the molecule is CCCCCCCCCCCCCCCCC(=O)N1CCCC[C@@H]1[C@@H](OC(=O)CCCCCCCCCCCCCCC)c1cc(C(F)(F)F)nc2c(C(F)(F)F)cccc12. The van der Waals surface area contributed by atoms with E-state index in [1.165, 1.54) is 122 Å². The average molecular weight is 869 g/mol. The van der Waals surface area contributed by atoms with Gasteiger partial charge in [0, 0.05) is 30.3 Å². The van der Waals surface area contributed by atoms with Crippen LogP contribution in [0.25, 0.3) is 10.9 Å². The molecular weight excluding hydrogens is 791 g/mol. The molecular formula is C50H78F6N2O3. The number of hydrogen-bond donors (Lipinski definition) is 0. The Bertz CT molecular complexity index is 1510. The fraction of sp³-hybridized carbons (Fsp3) is 0.780. The molecule has 1 aliphatic rings. The third-order valence-electron chi connectivity index (χ3n) is 12.5. The Kier molecular flexibility index (Phi) is 25.4. The predicted molar refractivity (Wildman–Crippen MR) is 235 cm³/mol. The monoisotopic (exact) mass is 869 g/mol. The second-order valence-corrected chi connectivity index (χ2v) is 17.7. The highest BCUT2D eigenvalue weighted by molar-refractivity contribution is 5.87. The summed E-state index contributed by atoms with van der Waals surface area (Å²) in [5.74, 6) is -0.810. The lowest BCUT2D eigenvalue weighted by Gasteiger charge is -2.40. The maximum absolute atomic E-state index is 14.4. The summed E-state index contributed by atoms with van der Waals surface area (Å²) >= 11 is 0. The van der Waals surface area contributed by atoms with Crippen LogP contribution in [0.15, 0.2) is 24.3 Å². The van der Waals surface area contributed by atoms with Crippen molar-refractivity contribution in [1.82, 2.24) is 9.88 Å². The molecule has 11 heteroatoms. The lowest BCUT2D eigenvalue weighted by atomic mass is 9.89. The molecule has 5 nitrogen and oxygen atoms in total. The summed E-state index contributed by atoms with van der Waals surface area (Å²) in [7, 11) is 0. The van der Waals surface area contributed by atoms with Crippen molar-refractivity contribution in [2.75, 3.05) is 6.54 Å². The number of benzene rings is 1. The van der Waals surface area contributed by atoms with Gasteiger partial charge in [0.25, 0.3) is 0 Å². The lowest BCUT2D eigenvalue weighted by Crippen LogP contribution is -2.47. The van der Waals surface area contributed by atoms with E-state index in [9.17, 15) is 35.9 Å². The number of carbonyl (C=O) groups is 2. The zero-order chi connectivity index (χ0) is 44.4. The molecule has 0 aliphatic carbocycles. The molecule has 348 valence electrons. The highest BCUT2D eigenvalue weighted by Crippen LogP contribution is 2.42. The molecule has 0 spiro atoms. The van der Waals surface area contributed by atoms with E-state index >= 15 is 0 Å². The van der Waals surface area contributed by atoms with Crippen LogP contribution in [0.4, 0.5) is 26.3 Å². The minimum Gasteiger partial charge on any atom is -0.455 e. The number of para-hydroxylation sites is 1. The molecule has 1 aliphatic heterocycles. The number of carbonyl (C=O) groups excluding carboxylic acids is 2. The van der Waals surface area contributed by atoms with E-state index in [4.69, 9.17) is 4.74 Å². The number of esters is 1. The van der Waals surface area contributed by atoms with Crippen molar-refractivity contribution in [3.8, 4) is 0 Å². The normalized spacial score (nSPS) is 15.4. The summed E-state index contributed by atoms with van der Waals surface area (Å²) in [6.07, 6.45) is 21.5. The van der Waals surface area contributed by atoms with Gasteiger partial charge >= 0.3 is 18.3 Å². The summed E-state index contributed by atoms with van der Waals surface area (Å²) in [5, 5.41) is -0.175. The van der Waals surface area contributed by atoms with Crippen LogP contribution in [-0.2, 0) is 26.7 Å². The number of halogens is 6. The van der Waals surface area contributed by atoms with E-state index in [2.05, 4.69) is 18.8 Å². The number of nitrogens with zero attached hydrogens (tertiary/aromatic N) is 2. The van der Waals surface area contributed by atoms with Gasteiger partial charge in [0.15, 0.2) is 0 Å². The number of hydrogen-bond acceptors (Lipinski definition) is 4. The molecule has 1 saturated heterocycles. The molecule has 1 aromatic heterocycles. The number of piperidine rings is 1. The van der Waals surface area contributed by atoms with Crippen LogP contribution in [-0.4, -0.2) is 34.3 Å². The van der Waals surface area contributed by atoms with Crippen LogP contribution in [0.5, 0.6) is 0 Å². The molecule has 0 unspecified atom stereocenters. The Labute approximate surface area is 363 Å². The highest BCUT2D eigenvalue weighted by atomic mass is 19.4. The number of aromatic nitrogens is 1. The van der Waals surface area contributed by atoms with Gasteiger partial charge in [0.2, 0.25) is 5.91 Å².